The zero-order chi connectivity index (χ0) is 18.1. The molecule has 1 atom stereocenters. The van der Waals surface area contributed by atoms with Crippen LogP contribution in [0.25, 0.3) is 0 Å². The lowest BCUT2D eigenvalue weighted by molar-refractivity contribution is -0.119. The van der Waals surface area contributed by atoms with Gasteiger partial charge in [0.25, 0.3) is 0 Å². The highest BCUT2D eigenvalue weighted by Gasteiger charge is 2.11. The molecule has 25 heavy (non-hydrogen) atoms. The second kappa shape index (κ2) is 9.81. The van der Waals surface area contributed by atoms with Crippen molar-refractivity contribution in [3.8, 4) is 11.5 Å². The van der Waals surface area contributed by atoms with Gasteiger partial charge in [0.1, 0.15) is 11.5 Å². The van der Waals surface area contributed by atoms with Crippen molar-refractivity contribution >= 4 is 11.6 Å². The van der Waals surface area contributed by atoms with E-state index in [2.05, 4.69) is 10.6 Å². The molecule has 0 aliphatic rings. The van der Waals surface area contributed by atoms with Gasteiger partial charge in [-0.3, -0.25) is 4.79 Å². The van der Waals surface area contributed by atoms with E-state index in [1.807, 2.05) is 62.5 Å². The molecule has 2 N–H and O–H groups in total. The van der Waals surface area contributed by atoms with Crippen LogP contribution < -0.4 is 15.4 Å². The summed E-state index contributed by atoms with van der Waals surface area (Å²) in [7, 11) is 3.53. The topological polar surface area (TPSA) is 59.6 Å². The molecule has 0 aromatic heterocycles. The van der Waals surface area contributed by atoms with Crippen molar-refractivity contribution in [3.05, 3.63) is 54.1 Å². The number of rotatable bonds is 9. The number of benzene rings is 2. The molecule has 0 saturated heterocycles. The van der Waals surface area contributed by atoms with Gasteiger partial charge in [0.15, 0.2) is 0 Å². The molecule has 0 aliphatic heterocycles. The van der Waals surface area contributed by atoms with Gasteiger partial charge in [0.2, 0.25) is 5.91 Å². The van der Waals surface area contributed by atoms with Crippen LogP contribution in [0, 0.1) is 5.92 Å². The van der Waals surface area contributed by atoms with E-state index < -0.39 is 0 Å². The van der Waals surface area contributed by atoms with Gasteiger partial charge in [-0.1, -0.05) is 19.1 Å². The molecule has 2 aromatic carbocycles. The van der Waals surface area contributed by atoms with Crippen LogP contribution >= 0.6 is 0 Å². The zero-order valence-corrected chi connectivity index (χ0v) is 15.0. The first-order valence-electron chi connectivity index (χ1n) is 8.43. The van der Waals surface area contributed by atoms with E-state index in [0.29, 0.717) is 13.2 Å². The molecule has 5 nitrogen and oxygen atoms in total. The fourth-order valence-electron chi connectivity index (χ4n) is 2.35. The summed E-state index contributed by atoms with van der Waals surface area (Å²) in [6.07, 6.45) is 0.886. The predicted molar refractivity (Wildman–Crippen MR) is 100 cm³/mol. The quantitative estimate of drug-likeness (QED) is 0.733. The normalized spacial score (nSPS) is 11.8. The summed E-state index contributed by atoms with van der Waals surface area (Å²) in [5, 5.41) is 5.90. The Balaban J connectivity index is 1.90. The standard InChI is InChI=1S/C20H26N2O3/c1-15(14-21-2)20(23)22-17-6-10-19(11-7-17)25-18-8-4-16(5-9-18)12-13-24-3/h4-11,15,21H,12-14H2,1-3H3,(H,22,23). The summed E-state index contributed by atoms with van der Waals surface area (Å²) >= 11 is 0. The Morgan fingerprint density at radius 3 is 2.20 bits per heavy atom. The fourth-order valence-corrected chi connectivity index (χ4v) is 2.35. The summed E-state index contributed by atoms with van der Waals surface area (Å²) < 4.78 is 10.9. The minimum Gasteiger partial charge on any atom is -0.457 e. The van der Waals surface area contributed by atoms with E-state index >= 15 is 0 Å². The third-order valence-corrected chi connectivity index (χ3v) is 3.83. The van der Waals surface area contributed by atoms with Crippen molar-refractivity contribution in [1.29, 1.82) is 0 Å². The molecule has 1 amide bonds. The number of amides is 1. The number of anilines is 1. The van der Waals surface area contributed by atoms with Gasteiger partial charge in [-0.05, 0) is 55.4 Å². The minimum atomic E-state index is -0.0856. The maximum Gasteiger partial charge on any atom is 0.228 e. The first-order chi connectivity index (χ1) is 12.1. The summed E-state index contributed by atoms with van der Waals surface area (Å²) in [5.41, 5.74) is 1.97. The van der Waals surface area contributed by atoms with Crippen LogP contribution in [-0.2, 0) is 16.0 Å². The Kier molecular flexibility index (Phi) is 7.44. The molecule has 0 heterocycles. The smallest absolute Gasteiger partial charge is 0.228 e. The first kappa shape index (κ1) is 19.0. The summed E-state index contributed by atoms with van der Waals surface area (Å²) in [6, 6.07) is 15.3. The van der Waals surface area contributed by atoms with E-state index in [-0.39, 0.29) is 11.8 Å². The van der Waals surface area contributed by atoms with E-state index in [1.165, 1.54) is 5.56 Å². The van der Waals surface area contributed by atoms with Crippen LogP contribution in [0.15, 0.2) is 48.5 Å². The molecule has 0 spiro atoms. The average molecular weight is 342 g/mol. The maximum atomic E-state index is 12.0. The Hall–Kier alpha value is -2.37. The van der Waals surface area contributed by atoms with Crippen LogP contribution in [0.5, 0.6) is 11.5 Å². The van der Waals surface area contributed by atoms with Gasteiger partial charge < -0.3 is 20.1 Å². The van der Waals surface area contributed by atoms with Gasteiger partial charge in [0, 0.05) is 25.3 Å². The number of hydrogen-bond donors (Lipinski definition) is 2. The van der Waals surface area contributed by atoms with Crippen LogP contribution in [-0.4, -0.2) is 33.2 Å². The lowest BCUT2D eigenvalue weighted by Gasteiger charge is -2.12. The molecule has 1 unspecified atom stereocenters. The third-order valence-electron chi connectivity index (χ3n) is 3.83. The number of carbonyl (C=O) groups is 1. The lowest BCUT2D eigenvalue weighted by Crippen LogP contribution is -2.28. The van der Waals surface area contributed by atoms with Crippen LogP contribution in [0.1, 0.15) is 12.5 Å². The number of methoxy groups -OCH3 is 1. The van der Waals surface area contributed by atoms with Gasteiger partial charge in [-0.15, -0.1) is 0 Å². The number of ether oxygens (including phenoxy) is 2. The molecule has 134 valence electrons. The molecular weight excluding hydrogens is 316 g/mol. The predicted octanol–water partition coefficient (Wildman–Crippen LogP) is 3.46. The highest BCUT2D eigenvalue weighted by atomic mass is 16.5. The van der Waals surface area contributed by atoms with Gasteiger partial charge >= 0.3 is 0 Å². The van der Waals surface area contributed by atoms with E-state index in [9.17, 15) is 4.79 Å². The third kappa shape index (κ3) is 6.21. The van der Waals surface area contributed by atoms with Crippen LogP contribution in [0.3, 0.4) is 0 Å². The SMILES string of the molecule is CNCC(C)C(=O)Nc1ccc(Oc2ccc(CCOC)cc2)cc1. The first-order valence-corrected chi connectivity index (χ1v) is 8.43. The highest BCUT2D eigenvalue weighted by molar-refractivity contribution is 5.92. The summed E-state index contributed by atoms with van der Waals surface area (Å²) in [5.74, 6) is 1.42. The molecule has 5 heteroatoms. The van der Waals surface area contributed by atoms with E-state index in [1.54, 1.807) is 7.11 Å². The van der Waals surface area contributed by atoms with Crippen molar-refractivity contribution in [2.24, 2.45) is 5.92 Å². The van der Waals surface area contributed by atoms with Crippen LogP contribution in [0.2, 0.25) is 0 Å². The van der Waals surface area contributed by atoms with Crippen molar-refractivity contribution in [1.82, 2.24) is 5.32 Å². The number of nitrogens with one attached hydrogen (secondary N) is 2. The average Bonchev–Trinajstić information content (AvgIpc) is 2.63. The van der Waals surface area contributed by atoms with Crippen molar-refractivity contribution in [2.45, 2.75) is 13.3 Å². The second-order valence-electron chi connectivity index (χ2n) is 5.96. The second-order valence-corrected chi connectivity index (χ2v) is 5.96. The highest BCUT2D eigenvalue weighted by Crippen LogP contribution is 2.23. The lowest BCUT2D eigenvalue weighted by atomic mass is 10.1. The molecular formula is C20H26N2O3. The van der Waals surface area contributed by atoms with Gasteiger partial charge in [-0.25, -0.2) is 0 Å². The molecule has 0 radical (unpaired) electrons. The summed E-state index contributed by atoms with van der Waals surface area (Å²) in [4.78, 5) is 12.0. The number of hydrogen-bond acceptors (Lipinski definition) is 4. The Labute approximate surface area is 149 Å². The van der Waals surface area contributed by atoms with Crippen molar-refractivity contribution in [2.75, 3.05) is 32.6 Å². The molecule has 0 saturated carbocycles. The molecule has 0 fully saturated rings. The zero-order valence-electron chi connectivity index (χ0n) is 15.0. The fraction of sp³-hybridized carbons (Fsp3) is 0.350. The summed E-state index contributed by atoms with van der Waals surface area (Å²) in [6.45, 7) is 3.24. The number of carbonyl (C=O) groups excluding carboxylic acids is 1. The van der Waals surface area contributed by atoms with Crippen molar-refractivity contribution < 1.29 is 14.3 Å². The molecule has 0 bridgehead atoms. The maximum absolute atomic E-state index is 12.0. The van der Waals surface area contributed by atoms with Crippen molar-refractivity contribution in [3.63, 3.8) is 0 Å². The molecule has 2 rings (SSSR count). The van der Waals surface area contributed by atoms with Crippen LogP contribution in [0.4, 0.5) is 5.69 Å². The largest absolute Gasteiger partial charge is 0.457 e. The Morgan fingerprint density at radius 1 is 1.04 bits per heavy atom. The van der Waals surface area contributed by atoms with E-state index in [0.717, 1.165) is 23.6 Å². The molecule has 0 aliphatic carbocycles. The Morgan fingerprint density at radius 2 is 1.64 bits per heavy atom. The Bertz CT molecular complexity index is 654. The minimum absolute atomic E-state index is 0.00494. The monoisotopic (exact) mass is 342 g/mol. The molecule has 2 aromatic rings. The van der Waals surface area contributed by atoms with E-state index in [4.69, 9.17) is 9.47 Å². The van der Waals surface area contributed by atoms with Gasteiger partial charge in [0.05, 0.1) is 6.61 Å². The van der Waals surface area contributed by atoms with Gasteiger partial charge in [-0.2, -0.15) is 0 Å².